The molecule has 2 amide bonds. The Morgan fingerprint density at radius 1 is 1.12 bits per heavy atom. The normalized spacial score (nSPS) is 23.3. The van der Waals surface area contributed by atoms with Crippen LogP contribution in [0.2, 0.25) is 0 Å². The molecule has 3 heterocycles. The van der Waals surface area contributed by atoms with E-state index in [0.717, 1.165) is 37.0 Å². The van der Waals surface area contributed by atoms with Crippen LogP contribution in [0.1, 0.15) is 30.9 Å². The molecule has 2 aliphatic rings. The summed E-state index contributed by atoms with van der Waals surface area (Å²) in [6, 6.07) is 5.02. The van der Waals surface area contributed by atoms with Crippen molar-refractivity contribution in [1.29, 1.82) is 0 Å². The highest BCUT2D eigenvalue weighted by atomic mass is 31.2. The van der Waals surface area contributed by atoms with E-state index >= 15 is 0 Å². The first kappa shape index (κ1) is 23.8. The van der Waals surface area contributed by atoms with E-state index in [-0.39, 0.29) is 18.0 Å². The van der Waals surface area contributed by atoms with Crippen molar-refractivity contribution in [1.82, 2.24) is 24.3 Å². The van der Waals surface area contributed by atoms with E-state index in [2.05, 4.69) is 10.2 Å². The minimum absolute atomic E-state index is 0.201. The molecule has 1 aromatic carbocycles. The standard InChI is InChI=1S/C21H30N5O6P/c1-23-10-11-25(13-19(23)33(30,31)32)9-3-4-14-5-6-15-17(12-14)24(2)21(29)26(15)16-7-8-18(27)22-20(16)28/h5-6,12,16,19H,3-4,7-11,13H2,1-2H3,(H,22,27,28)(H2,30,31,32). The predicted molar refractivity (Wildman–Crippen MR) is 122 cm³/mol. The second kappa shape index (κ2) is 9.15. The third-order valence-electron chi connectivity index (χ3n) is 6.70. The third kappa shape index (κ3) is 4.83. The quantitative estimate of drug-likeness (QED) is 0.389. The topological polar surface area (TPSA) is 137 Å². The van der Waals surface area contributed by atoms with Gasteiger partial charge in [-0.2, -0.15) is 0 Å². The molecule has 2 saturated heterocycles. The van der Waals surface area contributed by atoms with E-state index in [1.807, 2.05) is 18.2 Å². The number of piperazine rings is 1. The van der Waals surface area contributed by atoms with Crippen LogP contribution in [-0.2, 0) is 27.6 Å². The number of hydrogen-bond donors (Lipinski definition) is 3. The van der Waals surface area contributed by atoms with Crippen molar-refractivity contribution in [3.8, 4) is 0 Å². The average molecular weight is 479 g/mol. The molecule has 0 aliphatic carbocycles. The SMILES string of the molecule is CN1CCN(CCCc2ccc3c(c2)n(C)c(=O)n3C2CCC(=O)NC2=O)CC1P(=O)(O)O. The van der Waals surface area contributed by atoms with Gasteiger partial charge < -0.3 is 9.79 Å². The molecule has 0 radical (unpaired) electrons. The first-order valence-corrected chi connectivity index (χ1v) is 12.8. The second-order valence-electron chi connectivity index (χ2n) is 8.96. The maximum Gasteiger partial charge on any atom is 0.343 e. The first-order valence-electron chi connectivity index (χ1n) is 11.1. The number of aromatic nitrogens is 2. The second-order valence-corrected chi connectivity index (χ2v) is 10.7. The van der Waals surface area contributed by atoms with Crippen LogP contribution in [0.4, 0.5) is 0 Å². The molecule has 2 fully saturated rings. The molecule has 3 N–H and O–H groups in total. The van der Waals surface area contributed by atoms with E-state index in [1.54, 1.807) is 19.0 Å². The number of carbonyl (C=O) groups is 2. The smallest absolute Gasteiger partial charge is 0.323 e. The fraction of sp³-hybridized carbons (Fsp3) is 0.571. The number of imidazole rings is 1. The molecule has 33 heavy (non-hydrogen) atoms. The minimum atomic E-state index is -4.18. The summed E-state index contributed by atoms with van der Waals surface area (Å²) in [6.45, 7) is 2.43. The monoisotopic (exact) mass is 479 g/mol. The molecule has 12 heteroatoms. The van der Waals surface area contributed by atoms with Crippen molar-refractivity contribution in [3.63, 3.8) is 0 Å². The van der Waals surface area contributed by atoms with Crippen molar-refractivity contribution in [3.05, 3.63) is 34.2 Å². The lowest BCUT2D eigenvalue weighted by Crippen LogP contribution is -2.51. The summed E-state index contributed by atoms with van der Waals surface area (Å²) in [5.41, 5.74) is 2.13. The molecule has 180 valence electrons. The number of imide groups is 1. The van der Waals surface area contributed by atoms with Gasteiger partial charge in [0, 0.05) is 33.1 Å². The Bertz CT molecular complexity index is 1180. The van der Waals surface area contributed by atoms with Gasteiger partial charge in [-0.25, -0.2) is 4.79 Å². The van der Waals surface area contributed by atoms with Gasteiger partial charge in [0.2, 0.25) is 11.8 Å². The van der Waals surface area contributed by atoms with Crippen molar-refractivity contribution in [2.75, 3.05) is 33.2 Å². The maximum atomic E-state index is 12.9. The van der Waals surface area contributed by atoms with Crippen LogP contribution in [0.15, 0.2) is 23.0 Å². The van der Waals surface area contributed by atoms with Crippen molar-refractivity contribution < 1.29 is 23.9 Å². The Morgan fingerprint density at radius 2 is 1.88 bits per heavy atom. The Hall–Kier alpha value is -2.30. The lowest BCUT2D eigenvalue weighted by molar-refractivity contribution is -0.135. The molecular weight excluding hydrogens is 449 g/mol. The van der Waals surface area contributed by atoms with Gasteiger partial charge in [0.25, 0.3) is 0 Å². The van der Waals surface area contributed by atoms with E-state index in [9.17, 15) is 28.7 Å². The van der Waals surface area contributed by atoms with Crippen LogP contribution >= 0.6 is 7.60 Å². The fourth-order valence-electron chi connectivity index (χ4n) is 4.78. The van der Waals surface area contributed by atoms with Gasteiger partial charge in [-0.1, -0.05) is 6.07 Å². The summed E-state index contributed by atoms with van der Waals surface area (Å²) in [6.07, 6.45) is 2.06. The summed E-state index contributed by atoms with van der Waals surface area (Å²) >= 11 is 0. The van der Waals surface area contributed by atoms with Crippen molar-refractivity contribution in [2.45, 2.75) is 37.5 Å². The Balaban J connectivity index is 1.45. The lowest BCUT2D eigenvalue weighted by Gasteiger charge is -2.39. The van der Waals surface area contributed by atoms with Crippen molar-refractivity contribution >= 4 is 30.4 Å². The molecule has 0 spiro atoms. The number of carbonyl (C=O) groups excluding carboxylic acids is 2. The van der Waals surface area contributed by atoms with Gasteiger partial charge in [-0.15, -0.1) is 0 Å². The number of rotatable bonds is 6. The highest BCUT2D eigenvalue weighted by Crippen LogP contribution is 2.43. The highest BCUT2D eigenvalue weighted by Gasteiger charge is 2.37. The molecule has 2 aromatic rings. The lowest BCUT2D eigenvalue weighted by atomic mass is 10.1. The Kier molecular flexibility index (Phi) is 6.61. The summed E-state index contributed by atoms with van der Waals surface area (Å²) in [4.78, 5) is 59.6. The van der Waals surface area contributed by atoms with Crippen LogP contribution in [0.25, 0.3) is 11.0 Å². The van der Waals surface area contributed by atoms with Gasteiger partial charge in [0.1, 0.15) is 11.8 Å². The molecule has 2 unspecified atom stereocenters. The number of benzene rings is 1. The third-order valence-corrected chi connectivity index (χ3v) is 8.04. The Labute approximate surface area is 191 Å². The zero-order chi connectivity index (χ0) is 23.9. The van der Waals surface area contributed by atoms with E-state index < -0.39 is 25.3 Å². The van der Waals surface area contributed by atoms with Crippen LogP contribution in [0.3, 0.4) is 0 Å². The van der Waals surface area contributed by atoms with E-state index in [1.165, 1.54) is 9.13 Å². The Morgan fingerprint density at radius 3 is 2.58 bits per heavy atom. The molecule has 0 saturated carbocycles. The summed E-state index contributed by atoms with van der Waals surface area (Å²) in [5, 5.41) is 2.31. The molecule has 4 rings (SSSR count). The van der Waals surface area contributed by atoms with Gasteiger partial charge in [0.05, 0.1) is 11.0 Å². The molecule has 11 nitrogen and oxygen atoms in total. The largest absolute Gasteiger partial charge is 0.343 e. The number of piperidine rings is 1. The summed E-state index contributed by atoms with van der Waals surface area (Å²) in [7, 11) is -0.770. The zero-order valence-electron chi connectivity index (χ0n) is 18.8. The molecular formula is C21H30N5O6P. The van der Waals surface area contributed by atoms with Gasteiger partial charge in [-0.3, -0.25) is 38.4 Å². The molecule has 2 aliphatic heterocycles. The predicted octanol–water partition coefficient (Wildman–Crippen LogP) is 0.00150. The van der Waals surface area contributed by atoms with Crippen LogP contribution < -0.4 is 11.0 Å². The highest BCUT2D eigenvalue weighted by molar-refractivity contribution is 7.52. The maximum absolute atomic E-state index is 12.9. The number of amides is 2. The first-order chi connectivity index (χ1) is 15.6. The number of nitrogens with one attached hydrogen (secondary N) is 1. The molecule has 2 atom stereocenters. The summed E-state index contributed by atoms with van der Waals surface area (Å²) in [5.74, 6) is -1.55. The summed E-state index contributed by atoms with van der Waals surface area (Å²) < 4.78 is 14.7. The number of fused-ring (bicyclic) bond motifs is 1. The van der Waals surface area contributed by atoms with Gasteiger partial charge in [-0.05, 0) is 50.6 Å². The minimum Gasteiger partial charge on any atom is -0.323 e. The van der Waals surface area contributed by atoms with E-state index in [4.69, 9.17) is 0 Å². The number of nitrogens with zero attached hydrogens (tertiary/aromatic N) is 4. The average Bonchev–Trinajstić information content (AvgIpc) is 2.99. The number of hydrogen-bond acceptors (Lipinski definition) is 6. The molecule has 0 bridgehead atoms. The van der Waals surface area contributed by atoms with Gasteiger partial charge >= 0.3 is 13.3 Å². The van der Waals surface area contributed by atoms with Crippen LogP contribution in [0, 0.1) is 0 Å². The number of likely N-dealkylation sites (N-methyl/N-ethyl adjacent to an activating group) is 1. The zero-order valence-corrected chi connectivity index (χ0v) is 19.7. The van der Waals surface area contributed by atoms with E-state index in [0.29, 0.717) is 25.0 Å². The molecule has 1 aromatic heterocycles. The van der Waals surface area contributed by atoms with Crippen LogP contribution in [-0.4, -0.2) is 79.5 Å². The van der Waals surface area contributed by atoms with Gasteiger partial charge in [0.15, 0.2) is 0 Å². The fourth-order valence-corrected chi connectivity index (χ4v) is 5.85. The van der Waals surface area contributed by atoms with Crippen molar-refractivity contribution in [2.24, 2.45) is 7.05 Å². The van der Waals surface area contributed by atoms with Crippen LogP contribution in [0.5, 0.6) is 0 Å². The number of aryl methyl sites for hydroxylation is 2.